The second kappa shape index (κ2) is 15.8. The Bertz CT molecular complexity index is 3070. The number of fused-ring (bicyclic) bond motifs is 1. The van der Waals surface area contributed by atoms with Crippen molar-refractivity contribution in [3.63, 3.8) is 0 Å². The van der Waals surface area contributed by atoms with E-state index in [1.807, 2.05) is 164 Å². The maximum atomic E-state index is 10.5. The lowest BCUT2D eigenvalue weighted by Gasteiger charge is -2.18. The summed E-state index contributed by atoms with van der Waals surface area (Å²) in [5.41, 5.74) is 9.56. The van der Waals surface area contributed by atoms with E-state index >= 15 is 0 Å². The Morgan fingerprint density at radius 2 is 0.617 bits per heavy atom. The highest BCUT2D eigenvalue weighted by atomic mass is 15.0. The lowest BCUT2D eigenvalue weighted by Crippen LogP contribution is -2.01. The minimum atomic E-state index is 0.532. The average Bonchev–Trinajstić information content (AvgIpc) is 3.34. The van der Waals surface area contributed by atoms with Gasteiger partial charge in [0.15, 0.2) is 34.9 Å². The van der Waals surface area contributed by atoms with Crippen LogP contribution in [0, 0.1) is 11.3 Å². The first-order valence-corrected chi connectivity index (χ1v) is 19.6. The van der Waals surface area contributed by atoms with Crippen LogP contribution in [0.5, 0.6) is 0 Å². The lowest BCUT2D eigenvalue weighted by molar-refractivity contribution is 1.07. The highest BCUT2D eigenvalue weighted by molar-refractivity contribution is 6.08. The Morgan fingerprint density at radius 1 is 0.283 bits per heavy atom. The second-order valence-electron chi connectivity index (χ2n) is 14.2. The molecule has 0 unspecified atom stereocenters. The van der Waals surface area contributed by atoms with Gasteiger partial charge in [-0.25, -0.2) is 29.9 Å². The van der Waals surface area contributed by atoms with Crippen molar-refractivity contribution in [2.24, 2.45) is 0 Å². The molecular formula is C53H33N7. The van der Waals surface area contributed by atoms with Gasteiger partial charge in [0.05, 0.1) is 11.6 Å². The van der Waals surface area contributed by atoms with Crippen molar-refractivity contribution >= 4 is 10.8 Å². The molecule has 0 amide bonds. The molecule has 8 aromatic carbocycles. The van der Waals surface area contributed by atoms with Crippen molar-refractivity contribution in [3.8, 4) is 96.7 Å². The monoisotopic (exact) mass is 767 g/mol. The molecule has 0 radical (unpaired) electrons. The fraction of sp³-hybridized carbons (Fsp3) is 0. The minimum Gasteiger partial charge on any atom is -0.208 e. The number of aromatic nitrogens is 6. The van der Waals surface area contributed by atoms with Crippen molar-refractivity contribution < 1.29 is 0 Å². The lowest BCUT2D eigenvalue weighted by atomic mass is 9.85. The van der Waals surface area contributed by atoms with Gasteiger partial charge >= 0.3 is 0 Å². The number of hydrogen-bond donors (Lipinski definition) is 0. The summed E-state index contributed by atoms with van der Waals surface area (Å²) in [4.78, 5) is 29.9. The van der Waals surface area contributed by atoms with Crippen molar-refractivity contribution in [3.05, 3.63) is 206 Å². The van der Waals surface area contributed by atoms with Gasteiger partial charge in [0.2, 0.25) is 0 Å². The number of benzene rings is 8. The largest absolute Gasteiger partial charge is 0.208 e. The summed E-state index contributed by atoms with van der Waals surface area (Å²) < 4.78 is 0. The molecule has 0 fully saturated rings. The normalized spacial score (nSPS) is 11.0. The molecule has 0 saturated carbocycles. The highest BCUT2D eigenvalue weighted by Crippen LogP contribution is 2.43. The molecule has 0 bridgehead atoms. The zero-order chi connectivity index (χ0) is 40.3. The van der Waals surface area contributed by atoms with Gasteiger partial charge < -0.3 is 0 Å². The fourth-order valence-electron chi connectivity index (χ4n) is 7.56. The molecule has 10 rings (SSSR count). The predicted molar refractivity (Wildman–Crippen MR) is 239 cm³/mol. The summed E-state index contributed by atoms with van der Waals surface area (Å²) in [5.74, 6) is 3.46. The van der Waals surface area contributed by atoms with E-state index in [-0.39, 0.29) is 0 Å². The minimum absolute atomic E-state index is 0.532. The molecule has 2 heterocycles. The molecule has 0 atom stereocenters. The van der Waals surface area contributed by atoms with Crippen LogP contribution in [0.3, 0.4) is 0 Å². The van der Waals surface area contributed by atoms with Crippen molar-refractivity contribution in [1.29, 1.82) is 5.26 Å². The zero-order valence-electron chi connectivity index (χ0n) is 32.2. The molecule has 0 saturated heterocycles. The van der Waals surface area contributed by atoms with E-state index in [2.05, 4.69) is 42.5 Å². The van der Waals surface area contributed by atoms with Crippen LogP contribution in [0.25, 0.3) is 101 Å². The molecule has 7 heteroatoms. The molecule has 0 N–H and O–H groups in total. The van der Waals surface area contributed by atoms with Crippen LogP contribution in [-0.2, 0) is 0 Å². The Balaban J connectivity index is 1.15. The van der Waals surface area contributed by atoms with Gasteiger partial charge in [-0.15, -0.1) is 0 Å². The van der Waals surface area contributed by atoms with E-state index in [1.54, 1.807) is 0 Å². The quantitative estimate of drug-likeness (QED) is 0.152. The van der Waals surface area contributed by atoms with Crippen LogP contribution in [0.2, 0.25) is 0 Å². The van der Waals surface area contributed by atoms with Gasteiger partial charge in [-0.1, -0.05) is 194 Å². The molecule has 0 aliphatic carbocycles. The molecule has 0 spiro atoms. The van der Waals surface area contributed by atoms with E-state index < -0.39 is 0 Å². The topological polar surface area (TPSA) is 101 Å². The van der Waals surface area contributed by atoms with Gasteiger partial charge in [-0.05, 0) is 33.7 Å². The van der Waals surface area contributed by atoms with Crippen molar-refractivity contribution in [1.82, 2.24) is 29.9 Å². The molecule has 0 aliphatic rings. The summed E-state index contributed by atoms with van der Waals surface area (Å²) in [6.07, 6.45) is 0. The standard InChI is InChI=1S/C53H33N7/c54-34-41-33-46(43-26-14-16-28-45(43)53-59-50(38-21-9-3-10-22-38)58-51(60-53)39-23-11-4-12-24-39)47(44-27-15-13-25-42(41)44)35-29-31-40(32-30-35)52-56-48(36-17-5-1-6-18-36)55-49(57-52)37-19-7-2-8-20-37/h1-33H. The van der Waals surface area contributed by atoms with Crippen molar-refractivity contribution in [2.45, 2.75) is 0 Å². The Morgan fingerprint density at radius 3 is 1.05 bits per heavy atom. The maximum Gasteiger partial charge on any atom is 0.164 e. The van der Waals surface area contributed by atoms with Gasteiger partial charge in [-0.2, -0.15) is 5.26 Å². The third-order valence-corrected chi connectivity index (χ3v) is 10.5. The predicted octanol–water partition coefficient (Wildman–Crippen LogP) is 12.4. The van der Waals surface area contributed by atoms with E-state index in [1.165, 1.54) is 0 Å². The van der Waals surface area contributed by atoms with E-state index in [9.17, 15) is 5.26 Å². The third kappa shape index (κ3) is 6.95. The van der Waals surface area contributed by atoms with Crippen LogP contribution >= 0.6 is 0 Å². The van der Waals surface area contributed by atoms with Crippen LogP contribution < -0.4 is 0 Å². The van der Waals surface area contributed by atoms with Gasteiger partial charge in [0.25, 0.3) is 0 Å². The molecular weight excluding hydrogens is 735 g/mol. The molecule has 60 heavy (non-hydrogen) atoms. The molecule has 0 aliphatic heterocycles. The molecule has 10 aromatic rings. The third-order valence-electron chi connectivity index (χ3n) is 10.5. The van der Waals surface area contributed by atoms with Gasteiger partial charge in [0, 0.05) is 38.8 Å². The molecule has 280 valence electrons. The number of nitrogens with zero attached hydrogens (tertiary/aromatic N) is 7. The first-order valence-electron chi connectivity index (χ1n) is 19.6. The van der Waals surface area contributed by atoms with E-state index in [4.69, 9.17) is 29.9 Å². The number of nitriles is 1. The Hall–Kier alpha value is -8.47. The summed E-state index contributed by atoms with van der Waals surface area (Å²) in [6.45, 7) is 0. The maximum absolute atomic E-state index is 10.5. The second-order valence-corrected chi connectivity index (χ2v) is 14.2. The van der Waals surface area contributed by atoms with Gasteiger partial charge in [0.1, 0.15) is 0 Å². The number of hydrogen-bond acceptors (Lipinski definition) is 7. The van der Waals surface area contributed by atoms with Crippen LogP contribution in [0.15, 0.2) is 200 Å². The Kier molecular flexibility index (Phi) is 9.47. The summed E-state index contributed by atoms with van der Waals surface area (Å²) in [7, 11) is 0. The SMILES string of the molecule is N#Cc1cc(-c2ccccc2-c2nc(-c3ccccc3)nc(-c3ccccc3)n2)c(-c2ccc(-c3nc(-c4ccccc4)nc(-c4ccccc4)n3)cc2)c2ccccc12. The molecule has 2 aromatic heterocycles. The van der Waals surface area contributed by atoms with Crippen LogP contribution in [0.4, 0.5) is 0 Å². The first kappa shape index (κ1) is 35.9. The fourth-order valence-corrected chi connectivity index (χ4v) is 7.56. The van der Waals surface area contributed by atoms with E-state index in [0.717, 1.165) is 66.4 Å². The Labute approximate surface area is 347 Å². The number of rotatable bonds is 8. The van der Waals surface area contributed by atoms with Crippen molar-refractivity contribution in [2.75, 3.05) is 0 Å². The van der Waals surface area contributed by atoms with Crippen LogP contribution in [0.1, 0.15) is 5.56 Å². The smallest absolute Gasteiger partial charge is 0.164 e. The summed E-state index contributed by atoms with van der Waals surface area (Å²) >= 11 is 0. The molecule has 7 nitrogen and oxygen atoms in total. The van der Waals surface area contributed by atoms with Crippen LogP contribution in [-0.4, -0.2) is 29.9 Å². The summed E-state index contributed by atoms with van der Waals surface area (Å²) in [5, 5.41) is 12.4. The average molecular weight is 768 g/mol. The first-order chi connectivity index (χ1) is 29.7. The zero-order valence-corrected chi connectivity index (χ0v) is 32.2. The highest BCUT2D eigenvalue weighted by Gasteiger charge is 2.21. The summed E-state index contributed by atoms with van der Waals surface area (Å²) in [6, 6.07) is 68.9. The van der Waals surface area contributed by atoms with Gasteiger partial charge in [-0.3, -0.25) is 0 Å². The van der Waals surface area contributed by atoms with E-state index in [0.29, 0.717) is 40.5 Å².